The first-order valence-corrected chi connectivity index (χ1v) is 13.0. The lowest BCUT2D eigenvalue weighted by Gasteiger charge is -2.24. The second-order valence-electron chi connectivity index (χ2n) is 8.60. The molecule has 1 aliphatic heterocycles. The molecule has 1 unspecified atom stereocenters. The van der Waals surface area contributed by atoms with E-state index in [1.165, 1.54) is 13.3 Å². The van der Waals surface area contributed by atoms with Gasteiger partial charge < -0.3 is 19.7 Å². The van der Waals surface area contributed by atoms with Gasteiger partial charge in [0, 0.05) is 0 Å². The molecule has 13 nitrogen and oxygen atoms in total. The van der Waals surface area contributed by atoms with Crippen LogP contribution in [0.15, 0.2) is 41.5 Å². The maximum absolute atomic E-state index is 13.6. The number of nitrogens with two attached hydrogens (primary N) is 1. The van der Waals surface area contributed by atoms with Gasteiger partial charge in [-0.3, -0.25) is 23.7 Å². The van der Waals surface area contributed by atoms with Gasteiger partial charge in [0.2, 0.25) is 5.95 Å². The number of nitrogen functional groups attached to an aromatic ring is 1. The molecule has 0 radical (unpaired) electrons. The highest BCUT2D eigenvalue weighted by molar-refractivity contribution is 7.52. The molecule has 1 fully saturated rings. The number of hydrogen-bond acceptors (Lipinski definition) is 10. The van der Waals surface area contributed by atoms with Crippen LogP contribution in [0.4, 0.5) is 5.95 Å². The molecule has 4 N–H and O–H groups in total. The maximum atomic E-state index is 13.6. The third-order valence-electron chi connectivity index (χ3n) is 5.30. The highest BCUT2D eigenvalue weighted by Gasteiger charge is 2.36. The number of fused-ring (bicyclic) bond motifs is 1. The molecule has 3 aromatic rings. The first-order chi connectivity index (χ1) is 17.1. The average Bonchev–Trinajstić information content (AvgIpc) is 3.45. The van der Waals surface area contributed by atoms with E-state index in [0.717, 1.165) is 0 Å². The van der Waals surface area contributed by atoms with Crippen LogP contribution < -0.4 is 20.9 Å². The minimum atomic E-state index is -4.00. The average molecular weight is 520 g/mol. The van der Waals surface area contributed by atoms with Crippen molar-refractivity contribution in [2.45, 2.75) is 58.1 Å². The Morgan fingerprint density at radius 1 is 1.31 bits per heavy atom. The Bertz CT molecular complexity index is 1310. The zero-order valence-electron chi connectivity index (χ0n) is 20.1. The molecular formula is C22H29N6O7P. The second-order valence-corrected chi connectivity index (χ2v) is 10.3. The summed E-state index contributed by atoms with van der Waals surface area (Å²) < 4.78 is 37.8. The summed E-state index contributed by atoms with van der Waals surface area (Å²) in [5, 5.41) is 2.65. The van der Waals surface area contributed by atoms with E-state index < -0.39 is 37.6 Å². The van der Waals surface area contributed by atoms with Gasteiger partial charge in [-0.15, -0.1) is 0 Å². The Hall–Kier alpha value is -3.25. The molecule has 2 aromatic heterocycles. The molecule has 0 aliphatic carbocycles. The zero-order valence-corrected chi connectivity index (χ0v) is 21.0. The van der Waals surface area contributed by atoms with E-state index in [2.05, 4.69) is 20.0 Å². The summed E-state index contributed by atoms with van der Waals surface area (Å²) in [6, 6.07) is 7.54. The van der Waals surface area contributed by atoms with Crippen LogP contribution in [0, 0.1) is 0 Å². The third kappa shape index (κ3) is 6.11. The summed E-state index contributed by atoms with van der Waals surface area (Å²) >= 11 is 0. The normalized spacial score (nSPS) is 20.3. The van der Waals surface area contributed by atoms with Crippen molar-refractivity contribution in [2.75, 3.05) is 12.3 Å². The Balaban J connectivity index is 1.44. The van der Waals surface area contributed by atoms with E-state index in [1.54, 1.807) is 48.7 Å². The molecule has 1 saturated heterocycles. The smallest absolute Gasteiger partial charge is 0.459 e. The number of aromatic nitrogens is 4. The fourth-order valence-corrected chi connectivity index (χ4v) is 5.20. The van der Waals surface area contributed by atoms with Crippen molar-refractivity contribution in [3.63, 3.8) is 0 Å². The molecule has 3 heterocycles. The van der Waals surface area contributed by atoms with Crippen molar-refractivity contribution < 1.29 is 27.9 Å². The molecule has 1 aliphatic rings. The Morgan fingerprint density at radius 2 is 2.06 bits per heavy atom. The maximum Gasteiger partial charge on any atom is 0.459 e. The van der Waals surface area contributed by atoms with Gasteiger partial charge in [-0.2, -0.15) is 10.1 Å². The minimum absolute atomic E-state index is 0.0256. The van der Waals surface area contributed by atoms with Crippen molar-refractivity contribution >= 4 is 30.8 Å². The molecule has 0 spiro atoms. The van der Waals surface area contributed by atoms with Crippen LogP contribution in [0.25, 0.3) is 11.2 Å². The minimum Gasteiger partial charge on any atom is -0.462 e. The molecular weight excluding hydrogens is 491 g/mol. The van der Waals surface area contributed by atoms with Crippen LogP contribution in [0.2, 0.25) is 0 Å². The van der Waals surface area contributed by atoms with Gasteiger partial charge in [-0.25, -0.2) is 9.55 Å². The van der Waals surface area contributed by atoms with Crippen LogP contribution >= 0.6 is 7.75 Å². The predicted octanol–water partition coefficient (Wildman–Crippen LogP) is 2.51. The Morgan fingerprint density at radius 3 is 2.78 bits per heavy atom. The molecule has 0 saturated carbocycles. The molecule has 36 heavy (non-hydrogen) atoms. The van der Waals surface area contributed by atoms with Crippen molar-refractivity contribution in [1.29, 1.82) is 0 Å². The molecule has 14 heteroatoms. The largest absolute Gasteiger partial charge is 0.462 e. The van der Waals surface area contributed by atoms with Gasteiger partial charge in [0.15, 0.2) is 11.2 Å². The quantitative estimate of drug-likeness (QED) is 0.265. The summed E-state index contributed by atoms with van der Waals surface area (Å²) in [6.45, 7) is 4.88. The van der Waals surface area contributed by atoms with E-state index in [4.69, 9.17) is 24.3 Å². The number of hydrogen-bond donors (Lipinski definition) is 3. The van der Waals surface area contributed by atoms with E-state index in [0.29, 0.717) is 24.2 Å². The summed E-state index contributed by atoms with van der Waals surface area (Å²) in [4.78, 5) is 35.0. The number of H-pyrrole nitrogens is 1. The fraction of sp³-hybridized carbons (Fsp3) is 0.455. The van der Waals surface area contributed by atoms with E-state index >= 15 is 0 Å². The van der Waals surface area contributed by atoms with Gasteiger partial charge in [0.1, 0.15) is 18.0 Å². The predicted molar refractivity (Wildman–Crippen MR) is 130 cm³/mol. The van der Waals surface area contributed by atoms with Crippen molar-refractivity contribution in [2.24, 2.45) is 0 Å². The third-order valence-corrected chi connectivity index (χ3v) is 6.95. The number of ether oxygens (including phenoxy) is 2. The number of imidazole rings is 1. The van der Waals surface area contributed by atoms with Crippen molar-refractivity contribution in [1.82, 2.24) is 24.6 Å². The molecule has 4 atom stereocenters. The summed E-state index contributed by atoms with van der Waals surface area (Å²) in [5.41, 5.74) is 5.69. The van der Waals surface area contributed by atoms with Crippen LogP contribution in [-0.4, -0.2) is 50.3 Å². The lowest BCUT2D eigenvalue weighted by atomic mass is 10.2. The first-order valence-electron chi connectivity index (χ1n) is 11.5. The van der Waals surface area contributed by atoms with Gasteiger partial charge in [-0.05, 0) is 45.7 Å². The van der Waals surface area contributed by atoms with Crippen LogP contribution in [0.5, 0.6) is 5.75 Å². The highest BCUT2D eigenvalue weighted by atomic mass is 31.2. The number of carbonyl (C=O) groups is 1. The zero-order chi connectivity index (χ0) is 25.9. The van der Waals surface area contributed by atoms with Crippen LogP contribution in [-0.2, 0) is 23.4 Å². The number of carbonyl (C=O) groups excluding carboxylic acids is 1. The summed E-state index contributed by atoms with van der Waals surface area (Å²) in [7, 11) is -4.00. The SMILES string of the molecule is CC(C)OC(=O)[C@H](C)NP(=O)(OC[C@@H]1CC[C@H](n2cnc3c(=O)[nH]c(N)nc32)O1)Oc1ccccc1. The highest BCUT2D eigenvalue weighted by Crippen LogP contribution is 2.46. The number of aromatic amines is 1. The Labute approximate surface area is 206 Å². The van der Waals surface area contributed by atoms with Gasteiger partial charge in [0.25, 0.3) is 5.56 Å². The van der Waals surface area contributed by atoms with Crippen LogP contribution in [0.3, 0.4) is 0 Å². The van der Waals surface area contributed by atoms with Crippen molar-refractivity contribution in [3.05, 3.63) is 47.0 Å². The molecule has 4 rings (SSSR count). The lowest BCUT2D eigenvalue weighted by molar-refractivity contribution is -0.149. The summed E-state index contributed by atoms with van der Waals surface area (Å²) in [6.07, 6.45) is 1.36. The standard InChI is InChI=1S/C22H29N6O7P/c1-13(2)33-21(30)14(3)27-36(31,35-15-7-5-4-6-8-15)32-11-16-9-10-17(34-16)28-12-24-18-19(28)25-22(23)26-20(18)29/h4-8,12-14,16-17H,9-11H2,1-3H3,(H,27,31)(H3,23,25,26,29)/t14-,16-,17+,36?/m0/s1. The van der Waals surface area contributed by atoms with Crippen LogP contribution in [0.1, 0.15) is 39.8 Å². The lowest BCUT2D eigenvalue weighted by Crippen LogP contribution is -2.36. The Kier molecular flexibility index (Phi) is 7.74. The first kappa shape index (κ1) is 25.8. The van der Waals surface area contributed by atoms with Crippen molar-refractivity contribution in [3.8, 4) is 5.75 Å². The van der Waals surface area contributed by atoms with Gasteiger partial charge in [-0.1, -0.05) is 18.2 Å². The second kappa shape index (κ2) is 10.8. The number of para-hydroxylation sites is 1. The van der Waals surface area contributed by atoms with E-state index in [-0.39, 0.29) is 24.2 Å². The molecule has 1 aromatic carbocycles. The topological polar surface area (TPSA) is 173 Å². The molecule has 194 valence electrons. The number of benzene rings is 1. The van der Waals surface area contributed by atoms with Gasteiger partial charge >= 0.3 is 13.7 Å². The monoisotopic (exact) mass is 520 g/mol. The van der Waals surface area contributed by atoms with E-state index in [9.17, 15) is 14.2 Å². The number of nitrogens with one attached hydrogen (secondary N) is 2. The molecule has 0 bridgehead atoms. The number of rotatable bonds is 10. The van der Waals surface area contributed by atoms with Gasteiger partial charge in [0.05, 0.1) is 25.1 Å². The number of nitrogens with zero attached hydrogens (tertiary/aromatic N) is 3. The molecule has 0 amide bonds. The number of anilines is 1. The van der Waals surface area contributed by atoms with E-state index in [1.807, 2.05) is 0 Å². The summed E-state index contributed by atoms with van der Waals surface area (Å²) in [5.74, 6) is -0.305. The number of esters is 1. The fourth-order valence-electron chi connectivity index (χ4n) is 3.68.